The number of carbonyl (C=O) groups is 1. The maximum Gasteiger partial charge on any atom is 0.303 e. The third-order valence-electron chi connectivity index (χ3n) is 5.85. The average Bonchev–Trinajstić information content (AvgIpc) is 3.40. The average molecular weight is 548 g/mol. The molecule has 0 aliphatic carbocycles. The lowest BCUT2D eigenvalue weighted by atomic mass is 10.1. The number of hydrogen-bond acceptors (Lipinski definition) is 8. The Morgan fingerprint density at radius 1 is 0.949 bits per heavy atom. The number of carboxylic acids is 1. The van der Waals surface area contributed by atoms with Gasteiger partial charge in [0.15, 0.2) is 11.5 Å². The van der Waals surface area contributed by atoms with E-state index in [1.807, 2.05) is 48.5 Å². The summed E-state index contributed by atoms with van der Waals surface area (Å²) < 4.78 is 16.6. The second-order valence-corrected chi connectivity index (χ2v) is 9.57. The Labute approximate surface area is 231 Å². The lowest BCUT2D eigenvalue weighted by molar-refractivity contribution is -0.137. The zero-order chi connectivity index (χ0) is 27.8. The Bertz CT molecular complexity index is 1370. The van der Waals surface area contributed by atoms with Crippen LogP contribution in [0.3, 0.4) is 0 Å². The highest BCUT2D eigenvalue weighted by Crippen LogP contribution is 2.43. The minimum absolute atomic E-state index is 0.0547. The first-order chi connectivity index (χ1) is 18.9. The fourth-order valence-corrected chi connectivity index (χ4v) is 4.98. The number of phenols is 1. The summed E-state index contributed by atoms with van der Waals surface area (Å²) in [6.45, 7) is 5.93. The summed E-state index contributed by atoms with van der Waals surface area (Å²) in [6.07, 6.45) is 0.905. The van der Waals surface area contributed by atoms with Gasteiger partial charge in [-0.3, -0.25) is 4.79 Å². The van der Waals surface area contributed by atoms with Gasteiger partial charge in [0.25, 0.3) is 0 Å². The molecule has 0 aliphatic rings. The number of nitrogens with zero attached hydrogens (tertiary/aromatic N) is 1. The molecule has 9 heteroatoms. The van der Waals surface area contributed by atoms with Gasteiger partial charge in [-0.05, 0) is 86.0 Å². The molecular weight excluding hydrogens is 518 g/mol. The van der Waals surface area contributed by atoms with E-state index in [0.29, 0.717) is 47.9 Å². The summed E-state index contributed by atoms with van der Waals surface area (Å²) in [7, 11) is 1.46. The van der Waals surface area contributed by atoms with E-state index in [0.717, 1.165) is 27.4 Å². The molecule has 2 radical (unpaired) electrons. The molecule has 0 aliphatic heterocycles. The van der Waals surface area contributed by atoms with E-state index in [2.05, 4.69) is 0 Å². The second-order valence-electron chi connectivity index (χ2n) is 8.57. The number of methoxy groups -OCH3 is 1. The molecule has 8 nitrogen and oxygen atoms in total. The van der Waals surface area contributed by atoms with Crippen molar-refractivity contribution in [2.24, 2.45) is 0 Å². The molecule has 1 aromatic heterocycles. The van der Waals surface area contributed by atoms with Crippen LogP contribution in [0.15, 0.2) is 60.7 Å². The quantitative estimate of drug-likeness (QED) is 0.173. The topological polar surface area (TPSA) is 118 Å². The Kier molecular flexibility index (Phi) is 9.40. The monoisotopic (exact) mass is 547 g/mol. The van der Waals surface area contributed by atoms with Gasteiger partial charge in [-0.2, -0.15) is 0 Å². The molecule has 39 heavy (non-hydrogen) atoms. The number of carboxylic acid groups (broad SMARTS) is 1. The van der Waals surface area contributed by atoms with Crippen LogP contribution in [0.5, 0.6) is 23.0 Å². The molecule has 202 valence electrons. The molecule has 0 saturated heterocycles. The van der Waals surface area contributed by atoms with E-state index in [1.54, 1.807) is 12.1 Å². The highest BCUT2D eigenvalue weighted by molar-refractivity contribution is 7.19. The number of thiazole rings is 1. The Balaban J connectivity index is 1.71. The minimum Gasteiger partial charge on any atom is -0.504 e. The van der Waals surface area contributed by atoms with Crippen LogP contribution in [0.1, 0.15) is 24.8 Å². The molecule has 3 N–H and O–H groups in total. The predicted molar refractivity (Wildman–Crippen MR) is 149 cm³/mol. The van der Waals surface area contributed by atoms with E-state index < -0.39 is 5.97 Å². The molecule has 3 aromatic carbocycles. The summed E-state index contributed by atoms with van der Waals surface area (Å²) in [4.78, 5) is 16.6. The summed E-state index contributed by atoms with van der Waals surface area (Å²) in [5.41, 5.74) is 3.60. The number of aromatic nitrogens is 1. The third kappa shape index (κ3) is 6.87. The van der Waals surface area contributed by atoms with E-state index in [1.165, 1.54) is 18.4 Å². The normalized spacial score (nSPS) is 10.8. The van der Waals surface area contributed by atoms with Crippen molar-refractivity contribution in [3.8, 4) is 55.3 Å². The highest BCUT2D eigenvalue weighted by Gasteiger charge is 2.19. The fraction of sp³-hybridized carbons (Fsp3) is 0.233. The van der Waals surface area contributed by atoms with Crippen LogP contribution >= 0.6 is 11.3 Å². The number of aliphatic carboxylic acids is 1. The van der Waals surface area contributed by atoms with Crippen LogP contribution in [-0.2, 0) is 11.4 Å². The number of aliphatic hydroxyl groups excluding tert-OH is 1. The molecule has 4 rings (SSSR count). The van der Waals surface area contributed by atoms with Crippen LogP contribution in [0.25, 0.3) is 32.3 Å². The van der Waals surface area contributed by atoms with Crippen molar-refractivity contribution in [3.05, 3.63) is 73.2 Å². The largest absolute Gasteiger partial charge is 0.504 e. The summed E-state index contributed by atoms with van der Waals surface area (Å²) in [5.74, 6) is 0.653. The van der Waals surface area contributed by atoms with Gasteiger partial charge in [-0.15, -0.1) is 11.3 Å². The number of aromatic hydroxyl groups is 1. The lowest BCUT2D eigenvalue weighted by Crippen LogP contribution is -2.01. The van der Waals surface area contributed by atoms with Crippen LogP contribution in [-0.4, -0.2) is 46.6 Å². The first-order valence-corrected chi connectivity index (χ1v) is 13.2. The number of benzene rings is 3. The number of ether oxygens (including phenoxy) is 3. The first-order valence-electron chi connectivity index (χ1n) is 12.3. The maximum atomic E-state index is 10.7. The second kappa shape index (κ2) is 13.1. The molecule has 4 aromatic rings. The van der Waals surface area contributed by atoms with Crippen molar-refractivity contribution in [1.82, 2.24) is 4.98 Å². The van der Waals surface area contributed by atoms with E-state index >= 15 is 0 Å². The van der Waals surface area contributed by atoms with Gasteiger partial charge in [-0.1, -0.05) is 0 Å². The molecule has 0 atom stereocenters. The Hall–Kier alpha value is -4.08. The van der Waals surface area contributed by atoms with Gasteiger partial charge in [-0.25, -0.2) is 4.98 Å². The van der Waals surface area contributed by atoms with Crippen LogP contribution in [0.4, 0.5) is 0 Å². The Morgan fingerprint density at radius 2 is 1.59 bits per heavy atom. The van der Waals surface area contributed by atoms with Crippen LogP contribution in [0.2, 0.25) is 0 Å². The van der Waals surface area contributed by atoms with Gasteiger partial charge in [0.05, 0.1) is 37.5 Å². The minimum atomic E-state index is -0.850. The molecule has 0 saturated carbocycles. The zero-order valence-electron chi connectivity index (χ0n) is 21.4. The van der Waals surface area contributed by atoms with Crippen molar-refractivity contribution >= 4 is 17.3 Å². The highest BCUT2D eigenvalue weighted by atomic mass is 32.1. The number of aliphatic hydroxyl groups is 1. The van der Waals surface area contributed by atoms with Crippen molar-refractivity contribution in [1.29, 1.82) is 0 Å². The van der Waals surface area contributed by atoms with E-state index in [9.17, 15) is 15.0 Å². The Morgan fingerprint density at radius 3 is 2.18 bits per heavy atom. The molecular formula is C30H29NO7S. The maximum absolute atomic E-state index is 10.7. The van der Waals surface area contributed by atoms with Crippen LogP contribution < -0.4 is 14.2 Å². The van der Waals surface area contributed by atoms with Crippen molar-refractivity contribution in [2.45, 2.75) is 25.9 Å². The van der Waals surface area contributed by atoms with Gasteiger partial charge >= 0.3 is 5.97 Å². The van der Waals surface area contributed by atoms with Gasteiger partial charge < -0.3 is 29.5 Å². The van der Waals surface area contributed by atoms with Crippen molar-refractivity contribution < 1.29 is 34.3 Å². The molecule has 1 heterocycles. The predicted octanol–water partition coefficient (Wildman–Crippen LogP) is 6.07. The molecule has 0 bridgehead atoms. The van der Waals surface area contributed by atoms with Crippen LogP contribution in [0, 0.1) is 6.92 Å². The lowest BCUT2D eigenvalue weighted by Gasteiger charge is -2.09. The van der Waals surface area contributed by atoms with Gasteiger partial charge in [0.1, 0.15) is 16.5 Å². The summed E-state index contributed by atoms with van der Waals surface area (Å²) >= 11 is 1.47. The fourth-order valence-electron chi connectivity index (χ4n) is 3.90. The molecule has 0 spiro atoms. The first kappa shape index (κ1) is 27.9. The zero-order valence-corrected chi connectivity index (χ0v) is 22.2. The number of hydrogen-bond donors (Lipinski definition) is 3. The standard InChI is InChI=1S/C30H29NO7S/c1-3-14-37-23-12-8-20(9-13-23)29-27(19-6-10-24(11-7-19)38-15-4-5-26(33)34)31-30(39-29)21-16-22(18-32)28(35)25(17-21)36-2/h1,6-13,16-17,32,35H,3-5,14-15,18H2,2H3,(H,33,34). The molecule has 0 fully saturated rings. The van der Waals surface area contributed by atoms with E-state index in [-0.39, 0.29) is 24.5 Å². The smallest absolute Gasteiger partial charge is 0.303 e. The van der Waals surface area contributed by atoms with E-state index in [4.69, 9.17) is 31.2 Å². The SMILES string of the molecule is [CH]CCOc1ccc(-c2sc(-c3cc(CO)c(O)c(OC)c3)nc2-c2ccc(OCCCC(=O)O)cc2)cc1. The van der Waals surface area contributed by atoms with Gasteiger partial charge in [0.2, 0.25) is 0 Å². The van der Waals surface area contributed by atoms with Crippen molar-refractivity contribution in [3.63, 3.8) is 0 Å². The molecule has 0 unspecified atom stereocenters. The molecule has 0 amide bonds. The summed E-state index contributed by atoms with van der Waals surface area (Å²) in [6, 6.07) is 18.6. The third-order valence-corrected chi connectivity index (χ3v) is 7.01. The summed E-state index contributed by atoms with van der Waals surface area (Å²) in [5, 5.41) is 29.6. The van der Waals surface area contributed by atoms with Crippen molar-refractivity contribution in [2.75, 3.05) is 20.3 Å². The number of rotatable bonds is 13. The van der Waals surface area contributed by atoms with Gasteiger partial charge in [0, 0.05) is 23.1 Å².